The van der Waals surface area contributed by atoms with Crippen molar-refractivity contribution in [3.63, 3.8) is 0 Å². The first-order chi connectivity index (χ1) is 14.5. The molecule has 1 aliphatic rings. The fourth-order valence-electron chi connectivity index (χ4n) is 2.58. The molecule has 180 valence electrons. The molecule has 18 nitrogen and oxygen atoms in total. The van der Waals surface area contributed by atoms with Gasteiger partial charge < -0.3 is 35.2 Å². The number of nitrogens with zero attached hydrogens (tertiary/aromatic N) is 2. The monoisotopic (exact) mass is 522 g/mol. The van der Waals surface area contributed by atoms with Gasteiger partial charge in [0.25, 0.3) is 0 Å². The maximum Gasteiger partial charge on any atom is 0.490 e. The van der Waals surface area contributed by atoms with Crippen LogP contribution in [0, 0.1) is 11.8 Å². The van der Waals surface area contributed by atoms with Crippen molar-refractivity contribution in [2.75, 3.05) is 6.61 Å². The zero-order valence-corrected chi connectivity index (χ0v) is 18.4. The van der Waals surface area contributed by atoms with E-state index in [0.29, 0.717) is 4.57 Å². The molecule has 6 atom stereocenters. The van der Waals surface area contributed by atoms with Gasteiger partial charge in [-0.05, 0) is 6.92 Å². The number of rotatable bonds is 8. The third kappa shape index (κ3) is 6.50. The lowest BCUT2D eigenvalue weighted by molar-refractivity contribution is -0.0472. The number of aliphatic hydroxyl groups excluding tert-OH is 1. The third-order valence-corrected chi connectivity index (χ3v) is 7.52. The Balaban J connectivity index is 2.24. The van der Waals surface area contributed by atoms with Crippen molar-refractivity contribution in [2.24, 2.45) is 5.73 Å². The number of phosphoric acid groups is 3. The second kappa shape index (κ2) is 9.37. The van der Waals surface area contributed by atoms with Crippen LogP contribution in [0.2, 0.25) is 0 Å². The molecule has 0 bridgehead atoms. The first kappa shape index (κ1) is 26.7. The van der Waals surface area contributed by atoms with Crippen molar-refractivity contribution < 1.29 is 56.3 Å². The van der Waals surface area contributed by atoms with Crippen molar-refractivity contribution in [1.29, 1.82) is 0 Å². The van der Waals surface area contributed by atoms with Crippen LogP contribution in [0.1, 0.15) is 13.2 Å². The molecule has 21 heteroatoms. The van der Waals surface area contributed by atoms with E-state index in [4.69, 9.17) is 25.2 Å². The molecule has 0 saturated carbocycles. The highest BCUT2D eigenvalue weighted by Gasteiger charge is 2.55. The van der Waals surface area contributed by atoms with Gasteiger partial charge in [-0.1, -0.05) is 5.92 Å². The fraction of sp³-hybridized carbons (Fsp3) is 0.545. The number of hydrogen-bond donors (Lipinski definition) is 7. The molecule has 8 N–H and O–H groups in total. The van der Waals surface area contributed by atoms with Crippen LogP contribution in [0.5, 0.6) is 0 Å². The van der Waals surface area contributed by atoms with Crippen LogP contribution in [0.25, 0.3) is 0 Å². The first-order valence-corrected chi connectivity index (χ1v) is 12.5. The van der Waals surface area contributed by atoms with E-state index in [2.05, 4.69) is 30.0 Å². The summed E-state index contributed by atoms with van der Waals surface area (Å²) in [6, 6.07) is 0. The molecule has 32 heavy (non-hydrogen) atoms. The molecule has 1 aromatic heterocycles. The number of nitrogens with two attached hydrogens (primary N) is 1. The van der Waals surface area contributed by atoms with E-state index in [-0.39, 0.29) is 0 Å². The highest BCUT2D eigenvalue weighted by molar-refractivity contribution is 7.66. The Labute approximate surface area is 177 Å². The summed E-state index contributed by atoms with van der Waals surface area (Å²) in [5, 5.41) is 10.5. The molecule has 2 rings (SSSR count). The Bertz CT molecular complexity index is 1180. The minimum Gasteiger partial charge on any atom is -0.387 e. The first-order valence-electron chi connectivity index (χ1n) is 8.02. The van der Waals surface area contributed by atoms with Crippen molar-refractivity contribution in [1.82, 2.24) is 14.5 Å². The van der Waals surface area contributed by atoms with Gasteiger partial charge in [-0.25, -0.2) is 23.3 Å². The van der Waals surface area contributed by atoms with Gasteiger partial charge in [0.15, 0.2) is 11.8 Å². The Kier molecular flexibility index (Phi) is 7.82. The normalized spacial score (nSPS) is 29.5. The van der Waals surface area contributed by atoms with Gasteiger partial charge in [0, 0.05) is 0 Å². The van der Waals surface area contributed by atoms with E-state index in [0.717, 1.165) is 6.33 Å². The van der Waals surface area contributed by atoms with Crippen molar-refractivity contribution in [3.8, 4) is 11.8 Å². The Hall–Kier alpha value is -1.54. The predicted octanol–water partition coefficient (Wildman–Crippen LogP) is -2.75. The lowest BCUT2D eigenvalue weighted by atomic mass is 9.91. The van der Waals surface area contributed by atoms with Crippen molar-refractivity contribution in [3.05, 3.63) is 27.3 Å². The van der Waals surface area contributed by atoms with Gasteiger partial charge in [0.05, 0.1) is 6.61 Å². The number of aromatic nitrogens is 3. The molecular weight excluding hydrogens is 505 g/mol. The number of hydrogen-bond acceptors (Lipinski definition) is 12. The average molecular weight is 522 g/mol. The SMILES string of the molecule is CC#CC1(N)[C@@H](O)[C@@H](COP(=O)(O)OP(=O)(O)OP(=O)(O)O)O[C@H]1n1cnc(=O)[nH]c1=O. The van der Waals surface area contributed by atoms with Gasteiger partial charge >= 0.3 is 34.8 Å². The van der Waals surface area contributed by atoms with Crippen LogP contribution in [0.4, 0.5) is 0 Å². The minimum absolute atomic E-state index is 0.680. The molecule has 3 unspecified atom stereocenters. The van der Waals surface area contributed by atoms with Gasteiger partial charge in [0.2, 0.25) is 0 Å². The molecule has 1 aromatic rings. The minimum atomic E-state index is -5.76. The summed E-state index contributed by atoms with van der Waals surface area (Å²) >= 11 is 0. The number of aromatic amines is 1. The van der Waals surface area contributed by atoms with E-state index < -0.39 is 65.4 Å². The van der Waals surface area contributed by atoms with E-state index >= 15 is 0 Å². The number of phosphoric ester groups is 1. The second-order valence-corrected chi connectivity index (χ2v) is 10.5. The molecule has 2 heterocycles. The van der Waals surface area contributed by atoms with Gasteiger partial charge in [-0.3, -0.25) is 14.1 Å². The lowest BCUT2D eigenvalue weighted by Crippen LogP contribution is -2.55. The summed E-state index contributed by atoms with van der Waals surface area (Å²) < 4.78 is 51.4. The molecule has 0 aromatic carbocycles. The molecule has 0 aliphatic carbocycles. The zero-order valence-electron chi connectivity index (χ0n) is 15.7. The molecule has 0 radical (unpaired) electrons. The largest absolute Gasteiger partial charge is 0.490 e. The number of aliphatic hydroxyl groups is 1. The van der Waals surface area contributed by atoms with E-state index in [9.17, 15) is 33.3 Å². The highest BCUT2D eigenvalue weighted by atomic mass is 31.3. The van der Waals surface area contributed by atoms with E-state index in [1.54, 1.807) is 0 Å². The van der Waals surface area contributed by atoms with Crippen LogP contribution >= 0.6 is 23.5 Å². The second-order valence-electron chi connectivity index (χ2n) is 6.05. The molecular formula is C11H17N4O14P3. The van der Waals surface area contributed by atoms with Crippen molar-refractivity contribution in [2.45, 2.75) is 30.9 Å². The summed E-state index contributed by atoms with van der Waals surface area (Å²) in [6.45, 7) is 0.281. The third-order valence-electron chi connectivity index (χ3n) is 3.71. The Morgan fingerprint density at radius 2 is 1.88 bits per heavy atom. The fourth-order valence-corrected chi connectivity index (χ4v) is 5.61. The maximum absolute atomic E-state index is 12.1. The van der Waals surface area contributed by atoms with Gasteiger partial charge in [-0.2, -0.15) is 13.6 Å². The van der Waals surface area contributed by atoms with Crippen LogP contribution in [0.15, 0.2) is 15.9 Å². The predicted molar refractivity (Wildman–Crippen MR) is 99.2 cm³/mol. The summed E-state index contributed by atoms with van der Waals surface area (Å²) in [6.07, 6.45) is -4.24. The Morgan fingerprint density at radius 1 is 1.25 bits per heavy atom. The lowest BCUT2D eigenvalue weighted by Gasteiger charge is -2.27. The summed E-state index contributed by atoms with van der Waals surface area (Å²) in [7, 11) is -16.9. The number of ether oxygens (including phenoxy) is 1. The van der Waals surface area contributed by atoms with Crippen molar-refractivity contribution >= 4 is 23.5 Å². The maximum atomic E-state index is 12.1. The van der Waals surface area contributed by atoms with Crippen LogP contribution in [-0.4, -0.2) is 63.6 Å². The Morgan fingerprint density at radius 3 is 2.41 bits per heavy atom. The molecule has 1 fully saturated rings. The van der Waals surface area contributed by atoms with Gasteiger partial charge in [0.1, 0.15) is 18.5 Å². The topological polar surface area (TPSA) is 283 Å². The molecule has 1 aliphatic heterocycles. The summed E-state index contributed by atoms with van der Waals surface area (Å²) in [4.78, 5) is 64.0. The molecule has 0 amide bonds. The average Bonchev–Trinajstić information content (AvgIpc) is 2.82. The molecule has 1 saturated heterocycles. The van der Waals surface area contributed by atoms with Crippen LogP contribution in [-0.2, 0) is 31.6 Å². The number of H-pyrrole nitrogens is 1. The van der Waals surface area contributed by atoms with Crippen LogP contribution in [0.3, 0.4) is 0 Å². The summed E-state index contributed by atoms with van der Waals surface area (Å²) in [5.41, 5.74) is 2.01. The quantitative estimate of drug-likeness (QED) is 0.135. The van der Waals surface area contributed by atoms with Crippen LogP contribution < -0.4 is 17.1 Å². The zero-order chi connectivity index (χ0) is 24.5. The number of nitrogens with one attached hydrogen (secondary N) is 1. The molecule has 0 spiro atoms. The summed E-state index contributed by atoms with van der Waals surface area (Å²) in [5.74, 6) is 4.82. The smallest absolute Gasteiger partial charge is 0.387 e. The van der Waals surface area contributed by atoms with Gasteiger partial charge in [-0.15, -0.1) is 5.92 Å². The highest BCUT2D eigenvalue weighted by Crippen LogP contribution is 2.66. The van der Waals surface area contributed by atoms with E-state index in [1.165, 1.54) is 6.92 Å². The van der Waals surface area contributed by atoms with E-state index in [1.807, 2.05) is 4.98 Å². The standard InChI is InChI=1S/C11H17N4O14P3/c1-2-3-11(12)7(16)6(27-8(11)15-5-13-9(17)14-10(15)18)4-26-31(22,23)29-32(24,25)28-30(19,20)21/h5-8,16H,4,12H2,1H3,(H,22,23)(H,24,25)(H,14,17,18)(H2,19,20,21)/t6-,7+,8-,11?/m1/s1.